The molecule has 1 aromatic heterocycles. The summed E-state index contributed by atoms with van der Waals surface area (Å²) in [4.78, 5) is 13.7. The maximum Gasteiger partial charge on any atom is 0.405 e. The molecule has 3 rings (SSSR count). The number of nitrogens with zero attached hydrogens (tertiary/aromatic N) is 5. The fourth-order valence-corrected chi connectivity index (χ4v) is 4.04. The van der Waals surface area contributed by atoms with Gasteiger partial charge in [-0.05, 0) is 69.1 Å². The molecule has 2 atom stereocenters. The summed E-state index contributed by atoms with van der Waals surface area (Å²) in [5.41, 5.74) is 1.00. The Bertz CT molecular complexity index is 755. The first-order chi connectivity index (χ1) is 13.5. The number of piperidine rings is 1. The highest BCUT2D eigenvalue weighted by Crippen LogP contribution is 2.30. The molecule has 1 aliphatic rings. The standard InChI is InChI=1S/C20H30N6O2/c1-14(2)26-19(22-23-24-26)17-9-11-25(12-10-17)15(3)13-18(21-20(27)28)16-7-5-4-6-8-16/h4-8,14-15,17-18,21H,9-13H2,1-3H3,(H,27,28)/t15?,18-/m0/s1. The quantitative estimate of drug-likeness (QED) is 0.758. The summed E-state index contributed by atoms with van der Waals surface area (Å²) in [6.07, 6.45) is 1.78. The van der Waals surface area contributed by atoms with Crippen molar-refractivity contribution in [1.82, 2.24) is 30.4 Å². The lowest BCUT2D eigenvalue weighted by atomic mass is 9.93. The lowest BCUT2D eigenvalue weighted by molar-refractivity contribution is 0.139. The summed E-state index contributed by atoms with van der Waals surface area (Å²) in [5.74, 6) is 1.36. The molecular weight excluding hydrogens is 356 g/mol. The molecule has 1 saturated heterocycles. The molecule has 8 nitrogen and oxygen atoms in total. The molecule has 1 unspecified atom stereocenters. The minimum Gasteiger partial charge on any atom is -0.465 e. The zero-order chi connectivity index (χ0) is 20.1. The van der Waals surface area contributed by atoms with Crippen molar-refractivity contribution in [3.8, 4) is 0 Å². The van der Waals surface area contributed by atoms with Crippen molar-refractivity contribution in [3.63, 3.8) is 0 Å². The van der Waals surface area contributed by atoms with Crippen LogP contribution in [0.2, 0.25) is 0 Å². The normalized spacial score (nSPS) is 18.1. The monoisotopic (exact) mass is 386 g/mol. The molecule has 0 spiro atoms. The van der Waals surface area contributed by atoms with E-state index in [1.54, 1.807) is 0 Å². The van der Waals surface area contributed by atoms with E-state index in [4.69, 9.17) is 0 Å². The molecule has 28 heavy (non-hydrogen) atoms. The van der Waals surface area contributed by atoms with E-state index in [1.165, 1.54) is 0 Å². The van der Waals surface area contributed by atoms with Crippen LogP contribution in [0.3, 0.4) is 0 Å². The number of carboxylic acid groups (broad SMARTS) is 1. The summed E-state index contributed by atoms with van der Waals surface area (Å²) >= 11 is 0. The third-order valence-electron chi connectivity index (χ3n) is 5.60. The number of tetrazole rings is 1. The highest BCUT2D eigenvalue weighted by Gasteiger charge is 2.29. The molecule has 1 amide bonds. The van der Waals surface area contributed by atoms with Gasteiger partial charge in [-0.2, -0.15) is 0 Å². The van der Waals surface area contributed by atoms with Gasteiger partial charge in [0.2, 0.25) is 0 Å². The van der Waals surface area contributed by atoms with Gasteiger partial charge in [0.1, 0.15) is 0 Å². The van der Waals surface area contributed by atoms with Crippen LogP contribution in [-0.2, 0) is 0 Å². The average Bonchev–Trinajstić information content (AvgIpc) is 3.18. The highest BCUT2D eigenvalue weighted by atomic mass is 16.4. The van der Waals surface area contributed by atoms with Gasteiger partial charge < -0.3 is 15.3 Å². The molecule has 0 radical (unpaired) electrons. The van der Waals surface area contributed by atoms with Crippen LogP contribution in [0, 0.1) is 0 Å². The van der Waals surface area contributed by atoms with Crippen molar-refractivity contribution in [3.05, 3.63) is 41.7 Å². The molecule has 0 bridgehead atoms. The molecule has 2 heterocycles. The van der Waals surface area contributed by atoms with Crippen molar-refractivity contribution in [2.45, 2.75) is 64.1 Å². The molecule has 1 aliphatic heterocycles. The van der Waals surface area contributed by atoms with Gasteiger partial charge in [-0.3, -0.25) is 0 Å². The molecule has 0 saturated carbocycles. The first-order valence-electron chi connectivity index (χ1n) is 10.0. The zero-order valence-electron chi connectivity index (χ0n) is 16.8. The number of hydrogen-bond donors (Lipinski definition) is 2. The summed E-state index contributed by atoms with van der Waals surface area (Å²) in [6.45, 7) is 8.29. The number of carbonyl (C=O) groups is 1. The summed E-state index contributed by atoms with van der Waals surface area (Å²) in [6, 6.07) is 10.1. The molecule has 1 fully saturated rings. The lowest BCUT2D eigenvalue weighted by Gasteiger charge is -2.37. The second-order valence-corrected chi connectivity index (χ2v) is 7.88. The Hall–Kier alpha value is -2.48. The van der Waals surface area contributed by atoms with E-state index in [1.807, 2.05) is 35.0 Å². The van der Waals surface area contributed by atoms with E-state index < -0.39 is 6.09 Å². The minimum atomic E-state index is -0.986. The molecule has 0 aliphatic carbocycles. The van der Waals surface area contributed by atoms with Crippen molar-refractivity contribution in [1.29, 1.82) is 0 Å². The highest BCUT2D eigenvalue weighted by molar-refractivity contribution is 5.65. The Kier molecular flexibility index (Phi) is 6.61. The van der Waals surface area contributed by atoms with Crippen LogP contribution in [0.1, 0.15) is 69.4 Å². The van der Waals surface area contributed by atoms with Gasteiger partial charge in [0.25, 0.3) is 0 Å². The minimum absolute atomic E-state index is 0.209. The molecule has 2 aromatic rings. The topological polar surface area (TPSA) is 96.2 Å². The molecule has 2 N–H and O–H groups in total. The number of aromatic nitrogens is 4. The second-order valence-electron chi connectivity index (χ2n) is 7.88. The Balaban J connectivity index is 1.60. The van der Waals surface area contributed by atoms with E-state index in [0.717, 1.165) is 43.7 Å². The molecule has 8 heteroatoms. The lowest BCUT2D eigenvalue weighted by Crippen LogP contribution is -2.42. The third-order valence-corrected chi connectivity index (χ3v) is 5.60. The van der Waals surface area contributed by atoms with E-state index in [0.29, 0.717) is 5.92 Å². The van der Waals surface area contributed by atoms with Gasteiger partial charge in [-0.25, -0.2) is 9.48 Å². The Morgan fingerprint density at radius 2 is 1.89 bits per heavy atom. The predicted octanol–water partition coefficient (Wildman–Crippen LogP) is 3.22. The zero-order valence-corrected chi connectivity index (χ0v) is 16.8. The third kappa shape index (κ3) is 4.86. The van der Waals surface area contributed by atoms with E-state index >= 15 is 0 Å². The Morgan fingerprint density at radius 1 is 1.21 bits per heavy atom. The number of benzene rings is 1. The molecule has 152 valence electrons. The maximum absolute atomic E-state index is 11.3. The molecule has 1 aromatic carbocycles. The number of nitrogens with one attached hydrogen (secondary N) is 1. The van der Waals surface area contributed by atoms with Crippen LogP contribution >= 0.6 is 0 Å². The first-order valence-corrected chi connectivity index (χ1v) is 10.0. The Morgan fingerprint density at radius 3 is 2.50 bits per heavy atom. The van der Waals surface area contributed by atoms with Crippen LogP contribution in [0.15, 0.2) is 30.3 Å². The van der Waals surface area contributed by atoms with Gasteiger partial charge in [0, 0.05) is 12.0 Å². The van der Waals surface area contributed by atoms with Crippen LogP contribution in [0.4, 0.5) is 4.79 Å². The van der Waals surface area contributed by atoms with Gasteiger partial charge in [-0.15, -0.1) is 5.10 Å². The first kappa shape index (κ1) is 20.3. The van der Waals surface area contributed by atoms with E-state index in [9.17, 15) is 9.90 Å². The maximum atomic E-state index is 11.3. The summed E-state index contributed by atoms with van der Waals surface area (Å²) in [5, 5.41) is 24.2. The smallest absolute Gasteiger partial charge is 0.405 e. The SMILES string of the molecule is CC(C[C@H](NC(=O)O)c1ccccc1)N1CCC(c2nnnn2C(C)C)CC1. The van der Waals surface area contributed by atoms with Gasteiger partial charge in [-0.1, -0.05) is 30.3 Å². The number of hydrogen-bond acceptors (Lipinski definition) is 5. The van der Waals surface area contributed by atoms with Gasteiger partial charge in [0.05, 0.1) is 12.1 Å². The van der Waals surface area contributed by atoms with Gasteiger partial charge in [0.15, 0.2) is 5.82 Å². The molecular formula is C20H30N6O2. The number of amides is 1. The van der Waals surface area contributed by atoms with Crippen molar-refractivity contribution < 1.29 is 9.90 Å². The van der Waals surface area contributed by atoms with Crippen LogP contribution in [0.5, 0.6) is 0 Å². The van der Waals surface area contributed by atoms with E-state index in [2.05, 4.69) is 46.5 Å². The largest absolute Gasteiger partial charge is 0.465 e. The number of rotatable bonds is 7. The van der Waals surface area contributed by atoms with Crippen molar-refractivity contribution >= 4 is 6.09 Å². The number of likely N-dealkylation sites (tertiary alicyclic amines) is 1. The summed E-state index contributed by atoms with van der Waals surface area (Å²) in [7, 11) is 0. The Labute approximate surface area is 165 Å². The van der Waals surface area contributed by atoms with Crippen LogP contribution in [-0.4, -0.2) is 55.4 Å². The summed E-state index contributed by atoms with van der Waals surface area (Å²) < 4.78 is 1.92. The van der Waals surface area contributed by atoms with Crippen molar-refractivity contribution in [2.75, 3.05) is 13.1 Å². The average molecular weight is 387 g/mol. The van der Waals surface area contributed by atoms with Gasteiger partial charge >= 0.3 is 6.09 Å². The van der Waals surface area contributed by atoms with E-state index in [-0.39, 0.29) is 18.1 Å². The second kappa shape index (κ2) is 9.14. The van der Waals surface area contributed by atoms with Crippen LogP contribution in [0.25, 0.3) is 0 Å². The fraction of sp³-hybridized carbons (Fsp3) is 0.600. The fourth-order valence-electron chi connectivity index (χ4n) is 4.04. The van der Waals surface area contributed by atoms with Crippen molar-refractivity contribution in [2.24, 2.45) is 0 Å². The van der Waals surface area contributed by atoms with Crippen LogP contribution < -0.4 is 5.32 Å². The predicted molar refractivity (Wildman–Crippen MR) is 106 cm³/mol.